The van der Waals surface area contributed by atoms with E-state index in [9.17, 15) is 15.2 Å². The topological polar surface area (TPSA) is 75.4 Å². The van der Waals surface area contributed by atoms with Crippen molar-refractivity contribution in [2.45, 2.75) is 25.5 Å². The number of benzene rings is 2. The third kappa shape index (κ3) is 4.13. The van der Waals surface area contributed by atoms with Gasteiger partial charge in [-0.2, -0.15) is 0 Å². The van der Waals surface area contributed by atoms with Crippen molar-refractivity contribution < 1.29 is 10.0 Å². The summed E-state index contributed by atoms with van der Waals surface area (Å²) in [5.41, 5.74) is 1.79. The molecule has 2 aromatic rings. The molecule has 2 unspecified atom stereocenters. The molecule has 0 aromatic heterocycles. The van der Waals surface area contributed by atoms with Crippen molar-refractivity contribution in [2.75, 3.05) is 6.54 Å². The van der Waals surface area contributed by atoms with Crippen LogP contribution >= 0.6 is 0 Å². The Morgan fingerprint density at radius 2 is 1.82 bits per heavy atom. The quantitative estimate of drug-likeness (QED) is 0.607. The number of aliphatic hydroxyl groups excluding tert-OH is 1. The van der Waals surface area contributed by atoms with Gasteiger partial charge in [0, 0.05) is 24.7 Å². The van der Waals surface area contributed by atoms with E-state index >= 15 is 0 Å². The van der Waals surface area contributed by atoms with E-state index in [1.54, 1.807) is 12.1 Å². The fraction of sp³-hybridized carbons (Fsp3) is 0.294. The van der Waals surface area contributed by atoms with Crippen LogP contribution in [-0.2, 0) is 0 Å². The summed E-state index contributed by atoms with van der Waals surface area (Å²) >= 11 is 0. The highest BCUT2D eigenvalue weighted by atomic mass is 16.6. The maximum atomic E-state index is 10.9. The van der Waals surface area contributed by atoms with E-state index in [0.29, 0.717) is 6.54 Å². The average Bonchev–Trinajstić information content (AvgIpc) is 2.56. The second kappa shape index (κ2) is 7.68. The largest absolute Gasteiger partial charge is 0.387 e. The smallest absolute Gasteiger partial charge is 0.269 e. The molecule has 0 aliphatic carbocycles. The van der Waals surface area contributed by atoms with Gasteiger partial charge in [0.15, 0.2) is 0 Å². The molecule has 0 amide bonds. The van der Waals surface area contributed by atoms with Crippen LogP contribution in [0.15, 0.2) is 54.6 Å². The SMILES string of the molecule is CCC(NCC(O)c1ccccc1)c1cccc([N+](=O)[O-])c1. The number of rotatable bonds is 7. The number of aliphatic hydroxyl groups is 1. The molecule has 2 aromatic carbocycles. The van der Waals surface area contributed by atoms with Crippen LogP contribution in [-0.4, -0.2) is 16.6 Å². The highest BCUT2D eigenvalue weighted by molar-refractivity contribution is 5.35. The Bertz CT molecular complexity index is 616. The van der Waals surface area contributed by atoms with Crippen molar-refractivity contribution in [1.29, 1.82) is 0 Å². The van der Waals surface area contributed by atoms with E-state index in [0.717, 1.165) is 17.5 Å². The van der Waals surface area contributed by atoms with E-state index in [1.807, 2.05) is 43.3 Å². The zero-order valence-electron chi connectivity index (χ0n) is 12.5. The van der Waals surface area contributed by atoms with Gasteiger partial charge in [-0.15, -0.1) is 0 Å². The number of hydrogen-bond acceptors (Lipinski definition) is 4. The molecule has 0 bridgehead atoms. The molecule has 0 aliphatic heterocycles. The van der Waals surface area contributed by atoms with Gasteiger partial charge in [0.2, 0.25) is 0 Å². The Hall–Kier alpha value is -2.24. The Balaban J connectivity index is 2.03. The number of nitrogens with zero attached hydrogens (tertiary/aromatic N) is 1. The first kappa shape index (κ1) is 16.1. The van der Waals surface area contributed by atoms with E-state index in [2.05, 4.69) is 5.32 Å². The first-order valence-electron chi connectivity index (χ1n) is 7.32. The molecular formula is C17H20N2O3. The summed E-state index contributed by atoms with van der Waals surface area (Å²) in [6.07, 6.45) is 0.178. The molecule has 116 valence electrons. The zero-order chi connectivity index (χ0) is 15.9. The molecule has 0 aliphatic rings. The van der Waals surface area contributed by atoms with Gasteiger partial charge in [0.25, 0.3) is 5.69 Å². The standard InChI is InChI=1S/C17H20N2O3/c1-2-16(14-9-6-10-15(11-14)19(21)22)18-12-17(20)13-7-4-3-5-8-13/h3-11,16-18,20H,2,12H2,1H3. The molecule has 0 heterocycles. The number of hydrogen-bond donors (Lipinski definition) is 2. The molecule has 2 rings (SSSR count). The van der Waals surface area contributed by atoms with Crippen LogP contribution in [0.2, 0.25) is 0 Å². The van der Waals surface area contributed by atoms with E-state index in [1.165, 1.54) is 6.07 Å². The maximum absolute atomic E-state index is 10.9. The van der Waals surface area contributed by atoms with Crippen LogP contribution in [0.1, 0.15) is 36.6 Å². The molecule has 0 spiro atoms. The fourth-order valence-electron chi connectivity index (χ4n) is 2.40. The second-order valence-electron chi connectivity index (χ2n) is 5.15. The van der Waals surface area contributed by atoms with Crippen LogP contribution in [0.3, 0.4) is 0 Å². The minimum atomic E-state index is -0.603. The van der Waals surface area contributed by atoms with Crippen LogP contribution in [0, 0.1) is 10.1 Å². The Morgan fingerprint density at radius 1 is 1.14 bits per heavy atom. The minimum absolute atomic E-state index is 0.0294. The monoisotopic (exact) mass is 300 g/mol. The van der Waals surface area contributed by atoms with Crippen molar-refractivity contribution in [1.82, 2.24) is 5.32 Å². The van der Waals surface area contributed by atoms with Gasteiger partial charge in [-0.1, -0.05) is 49.4 Å². The predicted molar refractivity (Wildman–Crippen MR) is 85.5 cm³/mol. The highest BCUT2D eigenvalue weighted by Crippen LogP contribution is 2.22. The van der Waals surface area contributed by atoms with Crippen LogP contribution in [0.4, 0.5) is 5.69 Å². The number of nitrogens with one attached hydrogen (secondary N) is 1. The van der Waals surface area contributed by atoms with Crippen LogP contribution in [0.25, 0.3) is 0 Å². The zero-order valence-corrected chi connectivity index (χ0v) is 12.5. The van der Waals surface area contributed by atoms with Crippen molar-refractivity contribution in [3.05, 3.63) is 75.8 Å². The highest BCUT2D eigenvalue weighted by Gasteiger charge is 2.15. The number of non-ortho nitro benzene ring substituents is 1. The molecule has 22 heavy (non-hydrogen) atoms. The molecule has 0 fully saturated rings. The third-order valence-corrected chi connectivity index (χ3v) is 3.63. The van der Waals surface area contributed by atoms with Crippen molar-refractivity contribution in [3.8, 4) is 0 Å². The molecule has 0 radical (unpaired) electrons. The summed E-state index contributed by atoms with van der Waals surface area (Å²) in [5.74, 6) is 0. The van der Waals surface area contributed by atoms with Gasteiger partial charge in [-0.05, 0) is 17.5 Å². The normalized spacial score (nSPS) is 13.5. The molecule has 5 nitrogen and oxygen atoms in total. The minimum Gasteiger partial charge on any atom is -0.387 e. The van der Waals surface area contributed by atoms with Crippen LogP contribution < -0.4 is 5.32 Å². The Kier molecular flexibility index (Phi) is 5.63. The lowest BCUT2D eigenvalue weighted by Gasteiger charge is -2.20. The van der Waals surface area contributed by atoms with E-state index in [4.69, 9.17) is 0 Å². The van der Waals surface area contributed by atoms with Gasteiger partial charge in [-0.25, -0.2) is 0 Å². The number of nitro groups is 1. The average molecular weight is 300 g/mol. The van der Waals surface area contributed by atoms with Gasteiger partial charge in [0.05, 0.1) is 11.0 Å². The van der Waals surface area contributed by atoms with Crippen molar-refractivity contribution in [2.24, 2.45) is 0 Å². The summed E-state index contributed by atoms with van der Waals surface area (Å²) in [6, 6.07) is 16.0. The van der Waals surface area contributed by atoms with Crippen molar-refractivity contribution in [3.63, 3.8) is 0 Å². The third-order valence-electron chi connectivity index (χ3n) is 3.63. The fourth-order valence-corrected chi connectivity index (χ4v) is 2.40. The summed E-state index contributed by atoms with van der Waals surface area (Å²) in [7, 11) is 0. The molecule has 5 heteroatoms. The molecule has 2 N–H and O–H groups in total. The molecule has 2 atom stereocenters. The van der Waals surface area contributed by atoms with Gasteiger partial charge in [-0.3, -0.25) is 10.1 Å². The predicted octanol–water partition coefficient (Wildman–Crippen LogP) is 3.37. The molecular weight excluding hydrogens is 280 g/mol. The second-order valence-corrected chi connectivity index (χ2v) is 5.15. The van der Waals surface area contributed by atoms with Crippen molar-refractivity contribution >= 4 is 5.69 Å². The Labute approximate surface area is 129 Å². The summed E-state index contributed by atoms with van der Waals surface area (Å²) in [4.78, 5) is 10.5. The lowest BCUT2D eigenvalue weighted by Crippen LogP contribution is -2.26. The molecule has 0 saturated heterocycles. The molecule has 0 saturated carbocycles. The first-order valence-corrected chi connectivity index (χ1v) is 7.32. The van der Waals surface area contributed by atoms with Crippen LogP contribution in [0.5, 0.6) is 0 Å². The van der Waals surface area contributed by atoms with Gasteiger partial charge in [0.1, 0.15) is 0 Å². The lowest BCUT2D eigenvalue weighted by atomic mass is 10.0. The van der Waals surface area contributed by atoms with E-state index < -0.39 is 11.0 Å². The summed E-state index contributed by atoms with van der Waals surface area (Å²) < 4.78 is 0. The van der Waals surface area contributed by atoms with Gasteiger partial charge >= 0.3 is 0 Å². The Morgan fingerprint density at radius 3 is 2.45 bits per heavy atom. The first-order chi connectivity index (χ1) is 10.6. The lowest BCUT2D eigenvalue weighted by molar-refractivity contribution is -0.384. The summed E-state index contributed by atoms with van der Waals surface area (Å²) in [5, 5.41) is 24.3. The van der Waals surface area contributed by atoms with Gasteiger partial charge < -0.3 is 10.4 Å². The summed E-state index contributed by atoms with van der Waals surface area (Å²) in [6.45, 7) is 2.40. The number of nitro benzene ring substituents is 1. The maximum Gasteiger partial charge on any atom is 0.269 e. The van der Waals surface area contributed by atoms with E-state index in [-0.39, 0.29) is 11.7 Å².